The number of hydrogen-bond donors (Lipinski definition) is 1. The van der Waals surface area contributed by atoms with Crippen molar-refractivity contribution in [3.05, 3.63) is 50.6 Å². The monoisotopic (exact) mass is 498 g/mol. The van der Waals surface area contributed by atoms with Gasteiger partial charge >= 0.3 is 0 Å². The lowest BCUT2D eigenvalue weighted by atomic mass is 9.97. The lowest BCUT2D eigenvalue weighted by Gasteiger charge is -2.15. The topological polar surface area (TPSA) is 84.3 Å². The average molecular weight is 499 g/mol. The maximum absolute atomic E-state index is 13.6. The van der Waals surface area contributed by atoms with Crippen LogP contribution in [-0.2, 0) is 24.2 Å². The summed E-state index contributed by atoms with van der Waals surface area (Å²) in [6.45, 7) is 2.89. The highest BCUT2D eigenvalue weighted by atomic mass is 32.2. The summed E-state index contributed by atoms with van der Waals surface area (Å²) < 4.78 is 1.77. The molecule has 7 nitrogen and oxygen atoms in total. The first kappa shape index (κ1) is 24.6. The Morgan fingerprint density at radius 2 is 1.91 bits per heavy atom. The molecule has 1 amide bonds. The molecule has 34 heavy (non-hydrogen) atoms. The first-order valence-electron chi connectivity index (χ1n) is 11.6. The molecule has 1 aliphatic rings. The third-order valence-corrected chi connectivity index (χ3v) is 8.05. The smallest absolute Gasteiger partial charge is 0.263 e. The van der Waals surface area contributed by atoms with E-state index < -0.39 is 0 Å². The molecule has 0 unspecified atom stereocenters. The van der Waals surface area contributed by atoms with Crippen molar-refractivity contribution in [1.82, 2.24) is 14.5 Å². The van der Waals surface area contributed by atoms with E-state index in [0.717, 1.165) is 48.9 Å². The van der Waals surface area contributed by atoms with Crippen LogP contribution in [0.4, 0.5) is 5.69 Å². The summed E-state index contributed by atoms with van der Waals surface area (Å²) in [5.74, 6) is -0.00596. The Hall–Kier alpha value is -2.49. The lowest BCUT2D eigenvalue weighted by Crippen LogP contribution is -2.26. The normalized spacial score (nSPS) is 13.3. The van der Waals surface area contributed by atoms with E-state index >= 15 is 0 Å². The van der Waals surface area contributed by atoms with Crippen LogP contribution >= 0.6 is 23.1 Å². The van der Waals surface area contributed by atoms with Crippen LogP contribution in [0, 0.1) is 0 Å². The van der Waals surface area contributed by atoms with Crippen LogP contribution in [0.25, 0.3) is 10.2 Å². The minimum atomic E-state index is -0.154. The number of aromatic nitrogens is 2. The number of nitrogens with zero attached hydrogens (tertiary/aromatic N) is 3. The van der Waals surface area contributed by atoms with Gasteiger partial charge in [-0.25, -0.2) is 4.98 Å². The van der Waals surface area contributed by atoms with E-state index in [2.05, 4.69) is 10.2 Å². The first-order chi connectivity index (χ1) is 16.3. The standard InChI is InChI=1S/C25H30N4O3S2/c1-16(30)26-18-11-9-17(10-12-18)20(31)15-33-25-27-23-22(19-7-4-5-8-21(19)34-23)24(32)29(25)14-6-13-28(2)3/h9-12H,4-8,13-15H2,1-3H3,(H,26,30). The molecule has 1 N–H and O–H groups in total. The highest BCUT2D eigenvalue weighted by molar-refractivity contribution is 7.99. The zero-order chi connectivity index (χ0) is 24.2. The van der Waals surface area contributed by atoms with Crippen molar-refractivity contribution in [2.24, 2.45) is 0 Å². The van der Waals surface area contributed by atoms with E-state index in [-0.39, 0.29) is 23.0 Å². The molecule has 0 saturated carbocycles. The van der Waals surface area contributed by atoms with E-state index in [1.807, 2.05) is 14.1 Å². The Labute approximate surface area is 207 Å². The Kier molecular flexibility index (Phi) is 7.85. The third-order valence-electron chi connectivity index (χ3n) is 5.89. The number of hydrogen-bond acceptors (Lipinski definition) is 7. The molecule has 0 atom stereocenters. The summed E-state index contributed by atoms with van der Waals surface area (Å²) in [6.07, 6.45) is 5.08. The summed E-state index contributed by atoms with van der Waals surface area (Å²) >= 11 is 2.96. The molecular formula is C25H30N4O3S2. The molecule has 0 bridgehead atoms. The van der Waals surface area contributed by atoms with Gasteiger partial charge in [0.05, 0.1) is 11.1 Å². The number of aryl methyl sites for hydroxylation is 2. The fourth-order valence-corrected chi connectivity index (χ4v) is 6.45. The Bertz CT molecular complexity index is 1260. The van der Waals surface area contributed by atoms with Crippen LogP contribution < -0.4 is 10.9 Å². The second-order valence-electron chi connectivity index (χ2n) is 8.87. The van der Waals surface area contributed by atoms with Crippen molar-refractivity contribution in [3.8, 4) is 0 Å². The summed E-state index contributed by atoms with van der Waals surface area (Å²) in [5.41, 5.74) is 2.44. The lowest BCUT2D eigenvalue weighted by molar-refractivity contribution is -0.114. The van der Waals surface area contributed by atoms with E-state index in [1.165, 1.54) is 29.1 Å². The van der Waals surface area contributed by atoms with Crippen LogP contribution in [0.1, 0.15) is 47.0 Å². The van der Waals surface area contributed by atoms with E-state index in [4.69, 9.17) is 4.98 Å². The Balaban J connectivity index is 1.59. The number of carbonyl (C=O) groups excluding carboxylic acids is 2. The summed E-state index contributed by atoms with van der Waals surface area (Å²) in [7, 11) is 4.04. The number of nitrogens with one attached hydrogen (secondary N) is 1. The average Bonchev–Trinajstić information content (AvgIpc) is 3.17. The van der Waals surface area contributed by atoms with E-state index in [0.29, 0.717) is 23.0 Å². The second-order valence-corrected chi connectivity index (χ2v) is 10.9. The van der Waals surface area contributed by atoms with Crippen LogP contribution in [-0.4, -0.2) is 52.5 Å². The quantitative estimate of drug-likeness (QED) is 0.270. The SMILES string of the molecule is CC(=O)Nc1ccc(C(=O)CSc2nc3sc4c(c3c(=O)n2CCCN(C)C)CCCC4)cc1. The van der Waals surface area contributed by atoms with Gasteiger partial charge in [0.15, 0.2) is 10.9 Å². The van der Waals surface area contributed by atoms with E-state index in [1.54, 1.807) is 40.2 Å². The van der Waals surface area contributed by atoms with Crippen LogP contribution in [0.5, 0.6) is 0 Å². The van der Waals surface area contributed by atoms with Gasteiger partial charge in [0, 0.05) is 29.6 Å². The third kappa shape index (κ3) is 5.59. The van der Waals surface area contributed by atoms with Gasteiger partial charge in [0.25, 0.3) is 5.56 Å². The largest absolute Gasteiger partial charge is 0.326 e. The molecule has 0 fully saturated rings. The van der Waals surface area contributed by atoms with Crippen molar-refractivity contribution in [2.75, 3.05) is 31.7 Å². The molecule has 2 heterocycles. The predicted molar refractivity (Wildman–Crippen MR) is 139 cm³/mol. The molecule has 3 aromatic rings. The number of carbonyl (C=O) groups is 2. The minimum Gasteiger partial charge on any atom is -0.326 e. The fraction of sp³-hybridized carbons (Fsp3) is 0.440. The first-order valence-corrected chi connectivity index (χ1v) is 13.4. The summed E-state index contributed by atoms with van der Waals surface area (Å²) in [6, 6.07) is 6.86. The predicted octanol–water partition coefficient (Wildman–Crippen LogP) is 4.22. The highest BCUT2D eigenvalue weighted by Crippen LogP contribution is 2.34. The molecule has 9 heteroatoms. The van der Waals surface area contributed by atoms with Gasteiger partial charge in [-0.1, -0.05) is 11.8 Å². The van der Waals surface area contributed by atoms with Gasteiger partial charge in [-0.05, 0) is 82.6 Å². The van der Waals surface area contributed by atoms with Gasteiger partial charge in [-0.2, -0.15) is 0 Å². The number of Topliss-reactive ketones (excluding diaryl/α,β-unsaturated/α-hetero) is 1. The van der Waals surface area contributed by atoms with Crippen molar-refractivity contribution < 1.29 is 9.59 Å². The molecule has 180 valence electrons. The maximum Gasteiger partial charge on any atom is 0.263 e. The van der Waals surface area contributed by atoms with Gasteiger partial charge in [0.2, 0.25) is 5.91 Å². The van der Waals surface area contributed by atoms with Crippen molar-refractivity contribution in [2.45, 2.75) is 50.7 Å². The van der Waals surface area contributed by atoms with Gasteiger partial charge in [-0.3, -0.25) is 19.0 Å². The second kappa shape index (κ2) is 10.8. The van der Waals surface area contributed by atoms with Gasteiger partial charge < -0.3 is 10.2 Å². The van der Waals surface area contributed by atoms with Crippen LogP contribution in [0.3, 0.4) is 0 Å². The number of thioether (sulfide) groups is 1. The molecule has 1 aliphatic carbocycles. The van der Waals surface area contributed by atoms with Crippen molar-refractivity contribution in [1.29, 1.82) is 0 Å². The molecule has 1 aromatic carbocycles. The number of thiophene rings is 1. The summed E-state index contributed by atoms with van der Waals surface area (Å²) in [5, 5.41) is 4.10. The van der Waals surface area contributed by atoms with E-state index in [9.17, 15) is 14.4 Å². The summed E-state index contributed by atoms with van der Waals surface area (Å²) in [4.78, 5) is 46.7. The fourth-order valence-electron chi connectivity index (χ4n) is 4.23. The molecule has 0 radical (unpaired) electrons. The number of anilines is 1. The molecule has 0 aliphatic heterocycles. The zero-order valence-electron chi connectivity index (χ0n) is 19.8. The van der Waals surface area contributed by atoms with Crippen molar-refractivity contribution >= 4 is 50.7 Å². The maximum atomic E-state index is 13.6. The number of ketones is 1. The van der Waals surface area contributed by atoms with Crippen LogP contribution in [0.2, 0.25) is 0 Å². The molecule has 2 aromatic heterocycles. The molecule has 4 rings (SSSR count). The van der Waals surface area contributed by atoms with Gasteiger partial charge in [0.1, 0.15) is 4.83 Å². The molecule has 0 spiro atoms. The number of rotatable bonds is 9. The van der Waals surface area contributed by atoms with Crippen LogP contribution in [0.15, 0.2) is 34.2 Å². The van der Waals surface area contributed by atoms with Crippen molar-refractivity contribution in [3.63, 3.8) is 0 Å². The number of benzene rings is 1. The Morgan fingerprint density at radius 3 is 2.62 bits per heavy atom. The number of amides is 1. The Morgan fingerprint density at radius 1 is 1.18 bits per heavy atom. The highest BCUT2D eigenvalue weighted by Gasteiger charge is 2.22. The van der Waals surface area contributed by atoms with Gasteiger partial charge in [-0.15, -0.1) is 11.3 Å². The number of fused-ring (bicyclic) bond motifs is 3. The minimum absolute atomic E-state index is 0.0257. The molecule has 0 saturated heterocycles. The zero-order valence-corrected chi connectivity index (χ0v) is 21.5. The molecular weight excluding hydrogens is 468 g/mol.